The molecule has 1 N–H and O–H groups in total. The number of quaternary nitrogens is 1. The van der Waals surface area contributed by atoms with Crippen molar-refractivity contribution in [1.29, 1.82) is 0 Å². The molecule has 124 valence electrons. The van der Waals surface area contributed by atoms with Crippen LogP contribution in [0, 0.1) is 6.92 Å². The molecule has 1 heterocycles. The van der Waals surface area contributed by atoms with Crippen LogP contribution in [0.4, 0.5) is 0 Å². The number of aryl methyl sites for hydroxylation is 1. The van der Waals surface area contributed by atoms with Crippen LogP contribution in [-0.4, -0.2) is 31.4 Å². The minimum absolute atomic E-state index is 0.824. The Morgan fingerprint density at radius 1 is 1.22 bits per heavy atom. The van der Waals surface area contributed by atoms with Crippen molar-refractivity contribution in [3.63, 3.8) is 0 Å². The predicted molar refractivity (Wildman–Crippen MR) is 95.8 cm³/mol. The van der Waals surface area contributed by atoms with E-state index in [1.807, 2.05) is 6.08 Å². The molecule has 1 aromatic carbocycles. The van der Waals surface area contributed by atoms with Crippen molar-refractivity contribution in [2.45, 2.75) is 26.4 Å². The number of hydrogen-bond donors (Lipinski definition) is 1. The molecule has 0 saturated carbocycles. The number of methoxy groups -OCH3 is 1. The fraction of sp³-hybridized carbons (Fsp3) is 0.400. The van der Waals surface area contributed by atoms with E-state index in [1.165, 1.54) is 21.7 Å². The van der Waals surface area contributed by atoms with Crippen molar-refractivity contribution >= 4 is 0 Å². The smallest absolute Gasteiger partial charge is 0.118 e. The highest BCUT2D eigenvalue weighted by Gasteiger charge is 2.11. The van der Waals surface area contributed by atoms with Gasteiger partial charge in [0.05, 0.1) is 25.4 Å². The van der Waals surface area contributed by atoms with Gasteiger partial charge in [-0.1, -0.05) is 36.4 Å². The molecule has 2 rings (SSSR count). The first-order chi connectivity index (χ1) is 11.2. The molecule has 0 spiro atoms. The molecule has 0 aliphatic heterocycles. The Morgan fingerprint density at radius 3 is 2.70 bits per heavy atom. The van der Waals surface area contributed by atoms with Gasteiger partial charge in [-0.15, -0.1) is 0 Å². The second kappa shape index (κ2) is 9.33. The largest absolute Gasteiger partial charge is 0.384 e. The van der Waals surface area contributed by atoms with Crippen LogP contribution >= 0.6 is 0 Å². The summed E-state index contributed by atoms with van der Waals surface area (Å²) in [6.07, 6.45) is 5.27. The van der Waals surface area contributed by atoms with Crippen LogP contribution in [0.3, 0.4) is 0 Å². The van der Waals surface area contributed by atoms with Gasteiger partial charge in [-0.2, -0.15) is 0 Å². The highest BCUT2D eigenvalue weighted by Crippen LogP contribution is 2.08. The van der Waals surface area contributed by atoms with Gasteiger partial charge in [-0.25, -0.2) is 0 Å². The zero-order valence-electron chi connectivity index (χ0n) is 14.4. The van der Waals surface area contributed by atoms with E-state index in [-0.39, 0.29) is 0 Å². The first-order valence-corrected chi connectivity index (χ1v) is 8.36. The first-order valence-electron chi connectivity index (χ1n) is 8.36. The molecule has 0 saturated heterocycles. The van der Waals surface area contributed by atoms with Crippen LogP contribution in [0.2, 0.25) is 0 Å². The molecular formula is C20H29N2O+. The van der Waals surface area contributed by atoms with E-state index in [1.54, 1.807) is 7.11 Å². The van der Waals surface area contributed by atoms with Gasteiger partial charge in [0.1, 0.15) is 6.54 Å². The molecule has 1 unspecified atom stereocenters. The summed E-state index contributed by atoms with van der Waals surface area (Å²) < 4.78 is 7.52. The third-order valence-electron chi connectivity index (χ3n) is 4.14. The van der Waals surface area contributed by atoms with E-state index in [0.717, 1.165) is 39.2 Å². The standard InChI is InChI=1S/C20H28N2O/c1-4-12-21(13-6-15-23-3)17-20-7-5-14-22(20)16-19-10-8-18(2)9-11-19/h4-5,7-11,14H,1,6,12-13,15-17H2,2-3H3/p+1. The number of nitrogens with zero attached hydrogens (tertiary/aromatic N) is 1. The van der Waals surface area contributed by atoms with Gasteiger partial charge in [0.15, 0.2) is 0 Å². The van der Waals surface area contributed by atoms with E-state index < -0.39 is 0 Å². The third-order valence-corrected chi connectivity index (χ3v) is 4.14. The molecule has 1 aromatic heterocycles. The number of hydrogen-bond acceptors (Lipinski definition) is 1. The summed E-state index contributed by atoms with van der Waals surface area (Å²) in [6, 6.07) is 13.2. The quantitative estimate of drug-likeness (QED) is 0.527. The van der Waals surface area contributed by atoms with Crippen molar-refractivity contribution in [3.8, 4) is 0 Å². The topological polar surface area (TPSA) is 18.6 Å². The normalized spacial score (nSPS) is 12.3. The van der Waals surface area contributed by atoms with Crippen LogP contribution in [-0.2, 0) is 17.8 Å². The van der Waals surface area contributed by atoms with E-state index in [9.17, 15) is 0 Å². The Kier molecular flexibility index (Phi) is 7.11. The molecular weight excluding hydrogens is 284 g/mol. The summed E-state index contributed by atoms with van der Waals surface area (Å²) in [4.78, 5) is 1.53. The first kappa shape index (κ1) is 17.5. The maximum atomic E-state index is 5.17. The second-order valence-electron chi connectivity index (χ2n) is 6.13. The Labute approximate surface area is 140 Å². The highest BCUT2D eigenvalue weighted by molar-refractivity contribution is 5.22. The summed E-state index contributed by atoms with van der Waals surface area (Å²) in [5, 5.41) is 0. The molecule has 0 radical (unpaired) electrons. The van der Waals surface area contributed by atoms with Gasteiger partial charge in [-0.05, 0) is 30.7 Å². The lowest BCUT2D eigenvalue weighted by Crippen LogP contribution is -3.10. The number of ether oxygens (including phenoxy) is 1. The molecule has 0 aliphatic carbocycles. The van der Waals surface area contributed by atoms with Crippen LogP contribution in [0.5, 0.6) is 0 Å². The van der Waals surface area contributed by atoms with Gasteiger partial charge in [-0.3, -0.25) is 0 Å². The molecule has 1 atom stereocenters. The summed E-state index contributed by atoms with van der Waals surface area (Å²) in [5.74, 6) is 0. The van der Waals surface area contributed by atoms with Gasteiger partial charge >= 0.3 is 0 Å². The van der Waals surface area contributed by atoms with E-state index in [4.69, 9.17) is 4.74 Å². The fourth-order valence-corrected chi connectivity index (χ4v) is 2.84. The summed E-state index contributed by atoms with van der Waals surface area (Å²) in [6.45, 7) is 10.9. The Balaban J connectivity index is 2.00. The number of benzene rings is 1. The summed E-state index contributed by atoms with van der Waals surface area (Å²) in [5.41, 5.74) is 4.03. The van der Waals surface area contributed by atoms with Crippen molar-refractivity contribution in [2.24, 2.45) is 0 Å². The average molecular weight is 313 g/mol. The Morgan fingerprint density at radius 2 is 2.00 bits per heavy atom. The Hall–Kier alpha value is -1.84. The lowest BCUT2D eigenvalue weighted by atomic mass is 10.1. The molecule has 0 aliphatic rings. The van der Waals surface area contributed by atoms with E-state index in [2.05, 4.69) is 60.7 Å². The van der Waals surface area contributed by atoms with Crippen LogP contribution in [0.1, 0.15) is 23.2 Å². The van der Waals surface area contributed by atoms with Crippen molar-refractivity contribution in [2.75, 3.05) is 26.8 Å². The highest BCUT2D eigenvalue weighted by atomic mass is 16.5. The van der Waals surface area contributed by atoms with Crippen LogP contribution in [0.15, 0.2) is 55.3 Å². The predicted octanol–water partition coefficient (Wildman–Crippen LogP) is 2.45. The molecule has 0 amide bonds. The third kappa shape index (κ3) is 5.70. The zero-order valence-corrected chi connectivity index (χ0v) is 14.4. The number of rotatable bonds is 10. The van der Waals surface area contributed by atoms with Gasteiger partial charge in [0, 0.05) is 26.3 Å². The van der Waals surface area contributed by atoms with Crippen molar-refractivity contribution < 1.29 is 9.64 Å². The van der Waals surface area contributed by atoms with Crippen LogP contribution in [0.25, 0.3) is 0 Å². The molecule has 2 aromatic rings. The van der Waals surface area contributed by atoms with E-state index in [0.29, 0.717) is 0 Å². The van der Waals surface area contributed by atoms with Gasteiger partial charge < -0.3 is 14.2 Å². The lowest BCUT2D eigenvalue weighted by Gasteiger charge is -2.19. The lowest BCUT2D eigenvalue weighted by molar-refractivity contribution is -0.908. The monoisotopic (exact) mass is 313 g/mol. The maximum Gasteiger partial charge on any atom is 0.118 e. The van der Waals surface area contributed by atoms with Crippen LogP contribution < -0.4 is 4.90 Å². The number of nitrogens with one attached hydrogen (secondary N) is 1. The zero-order chi connectivity index (χ0) is 16.5. The van der Waals surface area contributed by atoms with E-state index >= 15 is 0 Å². The molecule has 3 heteroatoms. The minimum Gasteiger partial charge on any atom is -0.384 e. The van der Waals surface area contributed by atoms with Gasteiger partial charge in [0.25, 0.3) is 0 Å². The maximum absolute atomic E-state index is 5.17. The molecule has 3 nitrogen and oxygen atoms in total. The summed E-state index contributed by atoms with van der Waals surface area (Å²) in [7, 11) is 1.76. The van der Waals surface area contributed by atoms with Gasteiger partial charge in [0.2, 0.25) is 0 Å². The van der Waals surface area contributed by atoms with Crippen molar-refractivity contribution in [3.05, 3.63) is 72.1 Å². The number of aromatic nitrogens is 1. The Bertz CT molecular complexity index is 586. The molecule has 0 fully saturated rings. The second-order valence-corrected chi connectivity index (χ2v) is 6.13. The summed E-state index contributed by atoms with van der Waals surface area (Å²) >= 11 is 0. The SMILES string of the molecule is C=CC[NH+](CCCOC)Cc1cccn1Cc1ccc(C)cc1. The average Bonchev–Trinajstić information content (AvgIpc) is 2.97. The molecule has 0 bridgehead atoms. The minimum atomic E-state index is 0.824. The fourth-order valence-electron chi connectivity index (χ4n) is 2.84. The van der Waals surface area contributed by atoms with Crippen molar-refractivity contribution in [1.82, 2.24) is 4.57 Å². The molecule has 23 heavy (non-hydrogen) atoms.